The van der Waals surface area contributed by atoms with E-state index in [9.17, 15) is 43.8 Å². The van der Waals surface area contributed by atoms with Crippen LogP contribution in [0, 0.1) is 23.7 Å². The van der Waals surface area contributed by atoms with Gasteiger partial charge in [0.1, 0.15) is 30.2 Å². The molecule has 0 unspecified atom stereocenters. The van der Waals surface area contributed by atoms with Crippen LogP contribution in [0.4, 0.5) is 0 Å². The van der Waals surface area contributed by atoms with Crippen molar-refractivity contribution in [2.75, 3.05) is 6.61 Å². The minimum absolute atomic E-state index is 0.172. The van der Waals surface area contributed by atoms with E-state index in [1.807, 2.05) is 5.32 Å². The fourth-order valence-corrected chi connectivity index (χ4v) is 3.94. The molecule has 0 rings (SSSR count). The second-order valence-electron chi connectivity index (χ2n) is 11.9. The molecule has 0 radical (unpaired) electrons. The highest BCUT2D eigenvalue weighted by atomic mass is 16.4. The lowest BCUT2D eigenvalue weighted by molar-refractivity contribution is -0.144. The monoisotopic (exact) mass is 629 g/mol. The SMILES string of the molecule is CC[C@H](C)[C@H](NC(=O)[C@@H](NC(=O)[C@@H](NC(=O)[C@@H](N)C(C)C)C(C)C)C(C)C)C(=O)N[C@@H](CO)C(=O)N[C@@H](CC(N)=O)C(=O)O. The second kappa shape index (κ2) is 18.8. The van der Waals surface area contributed by atoms with Crippen molar-refractivity contribution in [3.63, 3.8) is 0 Å². The number of rotatable bonds is 19. The van der Waals surface area contributed by atoms with Crippen LogP contribution in [0.1, 0.15) is 68.2 Å². The van der Waals surface area contributed by atoms with Crippen LogP contribution in [0.2, 0.25) is 0 Å². The Labute approximate surface area is 258 Å². The van der Waals surface area contributed by atoms with Crippen LogP contribution < -0.4 is 38.1 Å². The summed E-state index contributed by atoms with van der Waals surface area (Å²) in [6.07, 6.45) is -0.308. The highest BCUT2D eigenvalue weighted by molar-refractivity contribution is 5.97. The van der Waals surface area contributed by atoms with Crippen LogP contribution in [0.3, 0.4) is 0 Å². The molecule has 252 valence electrons. The van der Waals surface area contributed by atoms with Gasteiger partial charge in [0.25, 0.3) is 0 Å². The Morgan fingerprint density at radius 3 is 1.39 bits per heavy atom. The third-order valence-electron chi connectivity index (χ3n) is 7.14. The van der Waals surface area contributed by atoms with Gasteiger partial charge in [-0.15, -0.1) is 0 Å². The molecular formula is C28H51N7O9. The number of nitrogens with one attached hydrogen (secondary N) is 5. The molecule has 44 heavy (non-hydrogen) atoms. The first-order valence-electron chi connectivity index (χ1n) is 14.7. The lowest BCUT2D eigenvalue weighted by atomic mass is 9.95. The Morgan fingerprint density at radius 1 is 0.614 bits per heavy atom. The number of hydrogen-bond acceptors (Lipinski definition) is 9. The van der Waals surface area contributed by atoms with E-state index >= 15 is 0 Å². The normalized spacial score (nSPS) is 16.1. The van der Waals surface area contributed by atoms with E-state index in [-0.39, 0.29) is 11.8 Å². The summed E-state index contributed by atoms with van der Waals surface area (Å²) in [6.45, 7) is 12.8. The number of nitrogens with two attached hydrogens (primary N) is 2. The van der Waals surface area contributed by atoms with Crippen LogP contribution in [0.25, 0.3) is 0 Å². The number of carboxylic acids is 1. The molecule has 0 aliphatic heterocycles. The zero-order chi connectivity index (χ0) is 34.5. The minimum Gasteiger partial charge on any atom is -0.480 e. The maximum atomic E-state index is 13.4. The van der Waals surface area contributed by atoms with Crippen molar-refractivity contribution in [3.05, 3.63) is 0 Å². The number of primary amides is 1. The average molecular weight is 630 g/mol. The van der Waals surface area contributed by atoms with E-state index in [2.05, 4.69) is 21.3 Å². The highest BCUT2D eigenvalue weighted by Gasteiger charge is 2.36. The standard InChI is InChI=1S/C28H51N7O9/c1-9-15(8)22(27(42)32-17(11-36)23(38)31-16(28(43)44)10-18(29)37)35-26(41)21(14(6)7)34-25(40)20(13(4)5)33-24(39)19(30)12(2)3/h12-17,19-22,36H,9-11,30H2,1-8H3,(H2,29,37)(H,31,38)(H,32,42)(H,33,39)(H,34,40)(H,35,41)(H,43,44)/t15-,16-,17-,19-,20-,21-,22-/m0/s1. The fourth-order valence-electron chi connectivity index (χ4n) is 3.94. The maximum absolute atomic E-state index is 13.4. The molecular weight excluding hydrogens is 578 g/mol. The van der Waals surface area contributed by atoms with Crippen molar-refractivity contribution in [2.45, 2.75) is 104 Å². The molecule has 0 fully saturated rings. The van der Waals surface area contributed by atoms with E-state index in [1.165, 1.54) is 0 Å². The predicted molar refractivity (Wildman–Crippen MR) is 160 cm³/mol. The molecule has 0 saturated carbocycles. The first-order valence-corrected chi connectivity index (χ1v) is 14.7. The van der Waals surface area contributed by atoms with Crippen molar-refractivity contribution >= 4 is 41.4 Å². The first-order chi connectivity index (χ1) is 20.3. The van der Waals surface area contributed by atoms with Gasteiger partial charge in [0.05, 0.1) is 19.1 Å². The Morgan fingerprint density at radius 2 is 1.02 bits per heavy atom. The van der Waals surface area contributed by atoms with Gasteiger partial charge in [-0.05, 0) is 23.7 Å². The highest BCUT2D eigenvalue weighted by Crippen LogP contribution is 2.12. The molecule has 0 aromatic rings. The first kappa shape index (κ1) is 40.2. The maximum Gasteiger partial charge on any atom is 0.326 e. The van der Waals surface area contributed by atoms with Crippen molar-refractivity contribution in [1.29, 1.82) is 0 Å². The molecule has 11 N–H and O–H groups in total. The molecule has 0 heterocycles. The summed E-state index contributed by atoms with van der Waals surface area (Å²) >= 11 is 0. The Kier molecular flexibility index (Phi) is 17.2. The van der Waals surface area contributed by atoms with E-state index in [0.29, 0.717) is 6.42 Å². The summed E-state index contributed by atoms with van der Waals surface area (Å²) in [6, 6.07) is -7.49. The largest absolute Gasteiger partial charge is 0.480 e. The summed E-state index contributed by atoms with van der Waals surface area (Å²) in [5.41, 5.74) is 10.9. The predicted octanol–water partition coefficient (Wildman–Crippen LogP) is -2.30. The molecule has 6 amide bonds. The average Bonchev–Trinajstić information content (AvgIpc) is 2.93. The molecule has 0 saturated heterocycles. The van der Waals surface area contributed by atoms with Crippen LogP contribution in [-0.2, 0) is 33.6 Å². The Hall–Kier alpha value is -3.79. The number of carbonyl (C=O) groups is 7. The lowest BCUT2D eigenvalue weighted by Crippen LogP contribution is -2.62. The summed E-state index contributed by atoms with van der Waals surface area (Å²) in [5.74, 6) is -7.78. The van der Waals surface area contributed by atoms with Crippen molar-refractivity contribution < 1.29 is 43.8 Å². The molecule has 0 bridgehead atoms. The molecule has 16 heteroatoms. The van der Waals surface area contributed by atoms with Gasteiger partial charge in [0.2, 0.25) is 35.4 Å². The number of amides is 6. The lowest BCUT2D eigenvalue weighted by Gasteiger charge is -2.31. The second-order valence-corrected chi connectivity index (χ2v) is 11.9. The third-order valence-corrected chi connectivity index (χ3v) is 7.14. The van der Waals surface area contributed by atoms with Gasteiger partial charge in [-0.25, -0.2) is 4.79 Å². The zero-order valence-corrected chi connectivity index (χ0v) is 26.8. The quantitative estimate of drug-likeness (QED) is 0.0737. The molecule has 0 spiro atoms. The van der Waals surface area contributed by atoms with Gasteiger partial charge >= 0.3 is 5.97 Å². The summed E-state index contributed by atoms with van der Waals surface area (Å²) in [5, 5.41) is 31.2. The molecule has 0 aliphatic rings. The van der Waals surface area contributed by atoms with Crippen molar-refractivity contribution in [3.8, 4) is 0 Å². The molecule has 0 aromatic heterocycles. The van der Waals surface area contributed by atoms with Crippen LogP contribution in [0.5, 0.6) is 0 Å². The van der Waals surface area contributed by atoms with Gasteiger partial charge in [-0.1, -0.05) is 61.8 Å². The number of aliphatic carboxylic acids is 1. The van der Waals surface area contributed by atoms with Crippen molar-refractivity contribution in [1.82, 2.24) is 26.6 Å². The topological polar surface area (TPSA) is 272 Å². The Bertz CT molecular complexity index is 1030. The molecule has 7 atom stereocenters. The summed E-state index contributed by atoms with van der Waals surface area (Å²) in [4.78, 5) is 87.6. The number of aliphatic hydroxyl groups excluding tert-OH is 1. The van der Waals surface area contributed by atoms with E-state index < -0.39 is 103 Å². The number of carbonyl (C=O) groups excluding carboxylic acids is 6. The molecule has 0 aliphatic carbocycles. The smallest absolute Gasteiger partial charge is 0.326 e. The van der Waals surface area contributed by atoms with E-state index in [1.54, 1.807) is 55.4 Å². The Balaban J connectivity index is 5.87. The number of aliphatic hydroxyl groups is 1. The minimum atomic E-state index is -1.69. The third kappa shape index (κ3) is 12.8. The van der Waals surface area contributed by atoms with Crippen LogP contribution >= 0.6 is 0 Å². The molecule has 0 aromatic carbocycles. The van der Waals surface area contributed by atoms with Gasteiger partial charge in [-0.2, -0.15) is 0 Å². The number of carboxylic acid groups (broad SMARTS) is 1. The van der Waals surface area contributed by atoms with Crippen LogP contribution in [-0.4, -0.2) is 94.5 Å². The van der Waals surface area contributed by atoms with Gasteiger partial charge < -0.3 is 48.3 Å². The summed E-state index contributed by atoms with van der Waals surface area (Å²) in [7, 11) is 0. The summed E-state index contributed by atoms with van der Waals surface area (Å²) < 4.78 is 0. The molecule has 16 nitrogen and oxygen atoms in total. The van der Waals surface area contributed by atoms with E-state index in [0.717, 1.165) is 0 Å². The van der Waals surface area contributed by atoms with Gasteiger partial charge in [0, 0.05) is 0 Å². The van der Waals surface area contributed by atoms with Gasteiger partial charge in [0.15, 0.2) is 0 Å². The zero-order valence-electron chi connectivity index (χ0n) is 26.8. The van der Waals surface area contributed by atoms with Gasteiger partial charge in [-0.3, -0.25) is 28.8 Å². The van der Waals surface area contributed by atoms with Crippen LogP contribution in [0.15, 0.2) is 0 Å². The van der Waals surface area contributed by atoms with Crippen molar-refractivity contribution in [2.24, 2.45) is 35.1 Å². The fraction of sp³-hybridized carbons (Fsp3) is 0.750. The number of hydrogen-bond donors (Lipinski definition) is 9. The van der Waals surface area contributed by atoms with E-state index in [4.69, 9.17) is 11.5 Å².